The lowest BCUT2D eigenvalue weighted by molar-refractivity contribution is -0.137. The van der Waals surface area contributed by atoms with Crippen molar-refractivity contribution in [3.05, 3.63) is 96.6 Å². The molecule has 3 N–H and O–H groups in total. The maximum absolute atomic E-state index is 11.2. The summed E-state index contributed by atoms with van der Waals surface area (Å²) in [6.07, 6.45) is 0. The molecule has 0 amide bonds. The number of carboxylic acid groups (broad SMARTS) is 1. The van der Waals surface area contributed by atoms with Crippen molar-refractivity contribution in [2.75, 3.05) is 5.75 Å². The number of carboxylic acids is 1. The summed E-state index contributed by atoms with van der Waals surface area (Å²) >= 11 is 1.56. The molecule has 0 aliphatic heterocycles. The topological polar surface area (TPSA) is 63.3 Å². The number of thioether (sulfide) groups is 1. The van der Waals surface area contributed by atoms with E-state index in [2.05, 4.69) is 66.7 Å². The smallest absolute Gasteiger partial charge is 0.321 e. The molecule has 1 atom stereocenters. The number of hydrogen-bond acceptors (Lipinski definition) is 3. The Morgan fingerprint density at radius 3 is 2.13 bits per heavy atom. The van der Waals surface area contributed by atoms with E-state index < -0.39 is 12.0 Å². The SMILES string of the molecule is N[C@@H](CSCc1c(-c2ccccc2)cc2ccccc2c1-c1ccccc1)C(=O)O. The molecule has 0 unspecified atom stereocenters. The van der Waals surface area contributed by atoms with Crippen LogP contribution in [0.1, 0.15) is 5.56 Å². The van der Waals surface area contributed by atoms with Crippen LogP contribution in [0.4, 0.5) is 0 Å². The van der Waals surface area contributed by atoms with Crippen molar-refractivity contribution in [1.82, 2.24) is 0 Å². The van der Waals surface area contributed by atoms with Crippen molar-refractivity contribution >= 4 is 28.5 Å². The first-order valence-corrected chi connectivity index (χ1v) is 11.0. The van der Waals surface area contributed by atoms with Crippen molar-refractivity contribution in [3.8, 4) is 22.3 Å². The normalized spacial score (nSPS) is 12.0. The molecule has 0 aliphatic rings. The van der Waals surface area contributed by atoms with Gasteiger partial charge in [-0.2, -0.15) is 11.8 Å². The van der Waals surface area contributed by atoms with Crippen LogP contribution in [-0.2, 0) is 10.5 Å². The second kappa shape index (κ2) is 9.16. The Morgan fingerprint density at radius 1 is 0.867 bits per heavy atom. The van der Waals surface area contributed by atoms with Crippen LogP contribution in [0.5, 0.6) is 0 Å². The van der Waals surface area contributed by atoms with E-state index in [-0.39, 0.29) is 0 Å². The number of hydrogen-bond donors (Lipinski definition) is 2. The molecule has 0 radical (unpaired) electrons. The molecule has 0 saturated carbocycles. The van der Waals surface area contributed by atoms with E-state index in [9.17, 15) is 4.79 Å². The van der Waals surface area contributed by atoms with Gasteiger partial charge in [-0.05, 0) is 44.7 Å². The zero-order valence-electron chi connectivity index (χ0n) is 16.5. The fourth-order valence-corrected chi connectivity index (χ4v) is 4.73. The van der Waals surface area contributed by atoms with Crippen LogP contribution in [0, 0.1) is 0 Å². The average Bonchev–Trinajstić information content (AvgIpc) is 2.79. The molecule has 4 aromatic rings. The van der Waals surface area contributed by atoms with Gasteiger partial charge in [0.2, 0.25) is 0 Å². The molecule has 0 fully saturated rings. The lowest BCUT2D eigenvalue weighted by atomic mass is 9.88. The summed E-state index contributed by atoms with van der Waals surface area (Å²) in [4.78, 5) is 11.2. The summed E-state index contributed by atoms with van der Waals surface area (Å²) in [5.41, 5.74) is 11.6. The Morgan fingerprint density at radius 2 is 1.47 bits per heavy atom. The molecular weight excluding hydrogens is 390 g/mol. The summed E-state index contributed by atoms with van der Waals surface area (Å²) in [6, 6.07) is 30.5. The zero-order valence-corrected chi connectivity index (χ0v) is 17.3. The molecule has 30 heavy (non-hydrogen) atoms. The summed E-state index contributed by atoms with van der Waals surface area (Å²) in [5.74, 6) is 0.0813. The van der Waals surface area contributed by atoms with Gasteiger partial charge in [0.25, 0.3) is 0 Å². The second-order valence-electron chi connectivity index (χ2n) is 7.19. The highest BCUT2D eigenvalue weighted by atomic mass is 32.2. The van der Waals surface area contributed by atoms with Gasteiger partial charge in [-0.1, -0.05) is 84.9 Å². The van der Waals surface area contributed by atoms with E-state index in [1.54, 1.807) is 11.8 Å². The van der Waals surface area contributed by atoms with Gasteiger partial charge in [0, 0.05) is 11.5 Å². The van der Waals surface area contributed by atoms with Gasteiger partial charge in [0.15, 0.2) is 0 Å². The van der Waals surface area contributed by atoms with Crippen molar-refractivity contribution < 1.29 is 9.90 Å². The minimum atomic E-state index is -0.965. The molecule has 0 aromatic heterocycles. The van der Waals surface area contributed by atoms with E-state index in [4.69, 9.17) is 10.8 Å². The van der Waals surface area contributed by atoms with Gasteiger partial charge in [-0.15, -0.1) is 0 Å². The lowest BCUT2D eigenvalue weighted by Crippen LogP contribution is -2.32. The van der Waals surface area contributed by atoms with Crippen molar-refractivity contribution in [3.63, 3.8) is 0 Å². The predicted molar refractivity (Wildman–Crippen MR) is 127 cm³/mol. The van der Waals surface area contributed by atoms with E-state index >= 15 is 0 Å². The molecule has 0 aliphatic carbocycles. The van der Waals surface area contributed by atoms with Gasteiger partial charge >= 0.3 is 5.97 Å². The van der Waals surface area contributed by atoms with Crippen molar-refractivity contribution in [2.24, 2.45) is 5.73 Å². The minimum Gasteiger partial charge on any atom is -0.480 e. The third kappa shape index (κ3) is 4.25. The largest absolute Gasteiger partial charge is 0.480 e. The lowest BCUT2D eigenvalue weighted by Gasteiger charge is -2.19. The second-order valence-corrected chi connectivity index (χ2v) is 8.22. The van der Waals surface area contributed by atoms with E-state index in [0.29, 0.717) is 11.5 Å². The van der Waals surface area contributed by atoms with Crippen LogP contribution >= 0.6 is 11.8 Å². The molecule has 4 heteroatoms. The van der Waals surface area contributed by atoms with Crippen molar-refractivity contribution in [2.45, 2.75) is 11.8 Å². The van der Waals surface area contributed by atoms with Crippen LogP contribution in [-0.4, -0.2) is 22.9 Å². The number of benzene rings is 4. The highest BCUT2D eigenvalue weighted by Gasteiger charge is 2.18. The molecule has 3 nitrogen and oxygen atoms in total. The molecule has 150 valence electrons. The Labute approximate surface area is 180 Å². The Bertz CT molecular complexity index is 1160. The predicted octanol–water partition coefficient (Wildman–Crippen LogP) is 5.82. The molecule has 4 aromatic carbocycles. The van der Waals surface area contributed by atoms with Crippen LogP contribution < -0.4 is 5.73 Å². The van der Waals surface area contributed by atoms with Gasteiger partial charge in [-0.25, -0.2) is 0 Å². The number of fused-ring (bicyclic) bond motifs is 1. The summed E-state index contributed by atoms with van der Waals surface area (Å²) < 4.78 is 0. The number of rotatable bonds is 7. The third-order valence-corrected chi connectivity index (χ3v) is 6.25. The van der Waals surface area contributed by atoms with Crippen LogP contribution in [0.3, 0.4) is 0 Å². The highest BCUT2D eigenvalue weighted by molar-refractivity contribution is 7.98. The molecule has 0 saturated heterocycles. The fraction of sp³-hybridized carbons (Fsp3) is 0.115. The summed E-state index contributed by atoms with van der Waals surface area (Å²) in [5, 5.41) is 11.5. The first-order chi connectivity index (χ1) is 14.6. The maximum Gasteiger partial charge on any atom is 0.321 e. The fourth-order valence-electron chi connectivity index (χ4n) is 3.71. The quantitative estimate of drug-likeness (QED) is 0.401. The molecule has 4 rings (SSSR count). The van der Waals surface area contributed by atoms with Crippen LogP contribution in [0.25, 0.3) is 33.0 Å². The Balaban J connectivity index is 1.91. The van der Waals surface area contributed by atoms with E-state index in [1.165, 1.54) is 27.5 Å². The highest BCUT2D eigenvalue weighted by Crippen LogP contribution is 2.40. The molecule has 0 spiro atoms. The van der Waals surface area contributed by atoms with Crippen LogP contribution in [0.2, 0.25) is 0 Å². The zero-order chi connectivity index (χ0) is 20.9. The summed E-state index contributed by atoms with van der Waals surface area (Å²) in [7, 11) is 0. The first kappa shape index (κ1) is 20.2. The summed E-state index contributed by atoms with van der Waals surface area (Å²) in [6.45, 7) is 0. The monoisotopic (exact) mass is 413 g/mol. The third-order valence-electron chi connectivity index (χ3n) is 5.17. The molecule has 0 heterocycles. The van der Waals surface area contributed by atoms with Gasteiger partial charge < -0.3 is 10.8 Å². The minimum absolute atomic E-state index is 0.366. The number of aliphatic carboxylic acids is 1. The number of nitrogens with two attached hydrogens (primary N) is 1. The number of carbonyl (C=O) groups is 1. The van der Waals surface area contributed by atoms with Gasteiger partial charge in [-0.3, -0.25) is 4.79 Å². The first-order valence-electron chi connectivity index (χ1n) is 9.86. The average molecular weight is 414 g/mol. The molecular formula is C26H23NO2S. The van der Waals surface area contributed by atoms with Gasteiger partial charge in [0.1, 0.15) is 6.04 Å². The van der Waals surface area contributed by atoms with Crippen molar-refractivity contribution in [1.29, 1.82) is 0 Å². The Kier molecular flexibility index (Phi) is 6.17. The van der Waals surface area contributed by atoms with Gasteiger partial charge in [0.05, 0.1) is 0 Å². The van der Waals surface area contributed by atoms with Crippen LogP contribution in [0.15, 0.2) is 91.0 Å². The van der Waals surface area contributed by atoms with E-state index in [1.807, 2.05) is 24.3 Å². The van der Waals surface area contributed by atoms with E-state index in [0.717, 1.165) is 11.1 Å². The molecule has 0 bridgehead atoms. The standard InChI is InChI=1S/C26H23NO2S/c27-24(26(28)29)17-30-16-23-22(18-9-3-1-4-10-18)15-20-13-7-8-14-21(20)25(23)19-11-5-2-6-12-19/h1-15,24H,16-17,27H2,(H,28,29)/t24-/m0/s1. The maximum atomic E-state index is 11.2. The Hall–Kier alpha value is -3.08.